The zero-order valence-corrected chi connectivity index (χ0v) is 15.4. The second-order valence-corrected chi connectivity index (χ2v) is 6.42. The molecule has 8 nitrogen and oxygen atoms in total. The van der Waals surface area contributed by atoms with Crippen LogP contribution in [0.1, 0.15) is 12.5 Å². The number of ether oxygens (including phenoxy) is 1. The van der Waals surface area contributed by atoms with E-state index in [9.17, 15) is 14.4 Å². The summed E-state index contributed by atoms with van der Waals surface area (Å²) >= 11 is 5.90. The zero-order valence-electron chi connectivity index (χ0n) is 14.7. The van der Waals surface area contributed by atoms with E-state index in [-0.39, 0.29) is 5.15 Å². The molecule has 4 amide bonds. The van der Waals surface area contributed by atoms with E-state index in [1.165, 1.54) is 13.3 Å². The van der Waals surface area contributed by atoms with E-state index in [1.54, 1.807) is 43.3 Å². The van der Waals surface area contributed by atoms with Crippen LogP contribution in [-0.2, 0) is 15.1 Å². The van der Waals surface area contributed by atoms with Gasteiger partial charge in [-0.2, -0.15) is 0 Å². The van der Waals surface area contributed by atoms with Crippen molar-refractivity contribution in [3.63, 3.8) is 0 Å². The molecule has 1 atom stereocenters. The number of anilines is 1. The summed E-state index contributed by atoms with van der Waals surface area (Å²) in [5, 5.41) is 5.30. The topological polar surface area (TPSA) is 101 Å². The van der Waals surface area contributed by atoms with E-state index in [2.05, 4.69) is 15.6 Å². The summed E-state index contributed by atoms with van der Waals surface area (Å²) in [6.45, 7) is 1.15. The molecule has 1 fully saturated rings. The molecule has 1 saturated heterocycles. The number of nitrogens with one attached hydrogen (secondary N) is 2. The predicted octanol–water partition coefficient (Wildman–Crippen LogP) is 2.15. The largest absolute Gasteiger partial charge is 0.497 e. The minimum atomic E-state index is -1.27. The van der Waals surface area contributed by atoms with Crippen molar-refractivity contribution in [1.82, 2.24) is 15.2 Å². The molecular formula is C18H17ClN4O4. The quantitative estimate of drug-likeness (QED) is 0.603. The lowest BCUT2D eigenvalue weighted by Crippen LogP contribution is -2.42. The molecule has 0 spiro atoms. The number of rotatable bonds is 5. The molecule has 0 saturated carbocycles. The molecule has 1 aromatic heterocycles. The fraction of sp³-hybridized carbons (Fsp3) is 0.222. The first-order valence-corrected chi connectivity index (χ1v) is 8.42. The van der Waals surface area contributed by atoms with Gasteiger partial charge in [-0.3, -0.25) is 14.5 Å². The third-order valence-corrected chi connectivity index (χ3v) is 4.58. The minimum absolute atomic E-state index is 0.117. The van der Waals surface area contributed by atoms with Crippen LogP contribution in [0.3, 0.4) is 0 Å². The molecule has 0 aliphatic carbocycles. The van der Waals surface area contributed by atoms with E-state index in [0.29, 0.717) is 17.0 Å². The fourth-order valence-electron chi connectivity index (χ4n) is 2.77. The maximum atomic E-state index is 12.8. The molecule has 27 heavy (non-hydrogen) atoms. The van der Waals surface area contributed by atoms with E-state index >= 15 is 0 Å². The predicted molar refractivity (Wildman–Crippen MR) is 98.5 cm³/mol. The Morgan fingerprint density at radius 3 is 2.63 bits per heavy atom. The number of nitrogens with zero attached hydrogens (tertiary/aromatic N) is 2. The minimum Gasteiger partial charge on any atom is -0.497 e. The van der Waals surface area contributed by atoms with Crippen LogP contribution in [0.2, 0.25) is 5.15 Å². The van der Waals surface area contributed by atoms with Crippen LogP contribution in [0.25, 0.3) is 0 Å². The first kappa shape index (κ1) is 18.7. The smallest absolute Gasteiger partial charge is 0.325 e. The molecule has 0 radical (unpaired) electrons. The summed E-state index contributed by atoms with van der Waals surface area (Å²) < 4.78 is 5.10. The van der Waals surface area contributed by atoms with Gasteiger partial charge < -0.3 is 15.4 Å². The van der Waals surface area contributed by atoms with Crippen LogP contribution >= 0.6 is 11.6 Å². The number of benzene rings is 1. The van der Waals surface area contributed by atoms with Crippen molar-refractivity contribution >= 4 is 35.1 Å². The van der Waals surface area contributed by atoms with Crippen molar-refractivity contribution in [2.24, 2.45) is 0 Å². The number of carbonyl (C=O) groups is 3. The van der Waals surface area contributed by atoms with Crippen LogP contribution < -0.4 is 15.4 Å². The molecule has 1 aliphatic heterocycles. The van der Waals surface area contributed by atoms with Crippen LogP contribution in [-0.4, -0.2) is 41.4 Å². The Morgan fingerprint density at radius 2 is 2.00 bits per heavy atom. The van der Waals surface area contributed by atoms with E-state index in [0.717, 1.165) is 4.90 Å². The highest BCUT2D eigenvalue weighted by molar-refractivity contribution is 6.32. The van der Waals surface area contributed by atoms with Crippen LogP contribution in [0, 0.1) is 0 Å². The molecule has 2 aromatic rings. The number of pyridine rings is 1. The van der Waals surface area contributed by atoms with Crippen LogP contribution in [0.5, 0.6) is 5.75 Å². The number of carbonyl (C=O) groups excluding carboxylic acids is 3. The van der Waals surface area contributed by atoms with Gasteiger partial charge in [-0.05, 0) is 36.8 Å². The number of hydrogen-bond donors (Lipinski definition) is 2. The second kappa shape index (κ2) is 7.24. The summed E-state index contributed by atoms with van der Waals surface area (Å²) in [6, 6.07) is 9.30. The Hall–Kier alpha value is -3.13. The Labute approximate surface area is 160 Å². The van der Waals surface area contributed by atoms with E-state index in [4.69, 9.17) is 16.3 Å². The Balaban J connectivity index is 1.75. The van der Waals surface area contributed by atoms with E-state index < -0.39 is 29.9 Å². The molecule has 1 aromatic carbocycles. The third kappa shape index (κ3) is 3.56. The van der Waals surface area contributed by atoms with Crippen LogP contribution in [0.15, 0.2) is 42.6 Å². The average molecular weight is 389 g/mol. The SMILES string of the molecule is COc1ccc([C@]2(C)NC(=O)N(CC(=O)Nc3cccnc3Cl)C2=O)cc1. The normalized spacial score (nSPS) is 19.0. The number of hydrogen-bond acceptors (Lipinski definition) is 5. The van der Waals surface area contributed by atoms with Gasteiger partial charge in [0.05, 0.1) is 12.8 Å². The summed E-state index contributed by atoms with van der Waals surface area (Å²) in [6.07, 6.45) is 1.48. The molecule has 2 heterocycles. The molecule has 9 heteroatoms. The monoisotopic (exact) mass is 388 g/mol. The highest BCUT2D eigenvalue weighted by atomic mass is 35.5. The third-order valence-electron chi connectivity index (χ3n) is 4.28. The van der Waals surface area contributed by atoms with Gasteiger partial charge in [0.25, 0.3) is 5.91 Å². The number of methoxy groups -OCH3 is 1. The lowest BCUT2D eigenvalue weighted by Gasteiger charge is -2.22. The number of amides is 4. The van der Waals surface area contributed by atoms with Gasteiger partial charge in [0.15, 0.2) is 5.15 Å². The summed E-state index contributed by atoms with van der Waals surface area (Å²) in [4.78, 5) is 42.1. The molecular weight excluding hydrogens is 372 g/mol. The lowest BCUT2D eigenvalue weighted by atomic mass is 9.92. The summed E-state index contributed by atoms with van der Waals surface area (Å²) in [7, 11) is 1.54. The van der Waals surface area contributed by atoms with Crippen molar-refractivity contribution in [2.75, 3.05) is 19.0 Å². The highest BCUT2D eigenvalue weighted by Crippen LogP contribution is 2.30. The number of halogens is 1. The standard InChI is InChI=1S/C18H17ClN4O4/c1-18(11-5-7-12(27-2)8-6-11)16(25)23(17(26)22-18)10-14(24)21-13-4-3-9-20-15(13)19/h3-9H,10H2,1-2H3,(H,21,24)(H,22,26)/t18-/m0/s1. The zero-order chi connectivity index (χ0) is 19.6. The number of aromatic nitrogens is 1. The summed E-state index contributed by atoms with van der Waals surface area (Å²) in [5.74, 6) is -0.457. The van der Waals surface area contributed by atoms with Crippen molar-refractivity contribution in [3.8, 4) is 5.75 Å². The van der Waals surface area contributed by atoms with Gasteiger partial charge in [0.1, 0.15) is 17.8 Å². The van der Waals surface area contributed by atoms with E-state index in [1.807, 2.05) is 0 Å². The van der Waals surface area contributed by atoms with Crippen molar-refractivity contribution in [3.05, 3.63) is 53.3 Å². The van der Waals surface area contributed by atoms with Gasteiger partial charge in [0, 0.05) is 6.20 Å². The highest BCUT2D eigenvalue weighted by Gasteiger charge is 2.49. The van der Waals surface area contributed by atoms with Crippen molar-refractivity contribution in [2.45, 2.75) is 12.5 Å². The fourth-order valence-corrected chi connectivity index (χ4v) is 2.94. The first-order valence-electron chi connectivity index (χ1n) is 8.04. The molecule has 1 aliphatic rings. The molecule has 0 unspecified atom stereocenters. The Morgan fingerprint density at radius 1 is 1.30 bits per heavy atom. The number of urea groups is 1. The van der Waals surface area contributed by atoms with Gasteiger partial charge in [-0.15, -0.1) is 0 Å². The van der Waals surface area contributed by atoms with Gasteiger partial charge in [0.2, 0.25) is 5.91 Å². The summed E-state index contributed by atoms with van der Waals surface area (Å²) in [5.41, 5.74) is -0.385. The number of imide groups is 1. The van der Waals surface area contributed by atoms with Gasteiger partial charge in [-0.1, -0.05) is 23.7 Å². The maximum Gasteiger partial charge on any atom is 0.325 e. The van der Waals surface area contributed by atoms with Crippen molar-refractivity contribution in [1.29, 1.82) is 0 Å². The Bertz CT molecular complexity index is 902. The molecule has 140 valence electrons. The lowest BCUT2D eigenvalue weighted by molar-refractivity contribution is -0.133. The van der Waals surface area contributed by atoms with Crippen LogP contribution in [0.4, 0.5) is 10.5 Å². The van der Waals surface area contributed by atoms with Gasteiger partial charge >= 0.3 is 6.03 Å². The molecule has 2 N–H and O–H groups in total. The molecule has 3 rings (SSSR count). The van der Waals surface area contributed by atoms with Gasteiger partial charge in [-0.25, -0.2) is 9.78 Å². The molecule has 0 bridgehead atoms. The second-order valence-electron chi connectivity index (χ2n) is 6.06. The first-order chi connectivity index (χ1) is 12.8. The average Bonchev–Trinajstić information content (AvgIpc) is 2.88. The van der Waals surface area contributed by atoms with Crippen molar-refractivity contribution < 1.29 is 19.1 Å². The Kier molecular flexibility index (Phi) is 5.00. The maximum absolute atomic E-state index is 12.8.